The van der Waals surface area contributed by atoms with E-state index in [2.05, 4.69) is 55.5 Å². The minimum atomic E-state index is 0.647. The Morgan fingerprint density at radius 2 is 1.74 bits per heavy atom. The summed E-state index contributed by atoms with van der Waals surface area (Å²) >= 11 is 0. The van der Waals surface area contributed by atoms with Crippen molar-refractivity contribution in [3.63, 3.8) is 0 Å². The van der Waals surface area contributed by atoms with Gasteiger partial charge in [0.2, 0.25) is 0 Å². The second kappa shape index (κ2) is 6.95. The first kappa shape index (κ1) is 14.4. The molecule has 0 saturated heterocycles. The molecule has 1 N–H and O–H groups in total. The first-order chi connectivity index (χ1) is 9.16. The topological polar surface area (TPSA) is 15.3 Å². The van der Waals surface area contributed by atoms with Crippen LogP contribution in [0.25, 0.3) is 0 Å². The third-order valence-electron chi connectivity index (χ3n) is 4.44. The van der Waals surface area contributed by atoms with Crippen LogP contribution in [0.4, 0.5) is 5.69 Å². The molecule has 1 aromatic carbocycles. The summed E-state index contributed by atoms with van der Waals surface area (Å²) in [4.78, 5) is 2.14. The zero-order valence-corrected chi connectivity index (χ0v) is 12.7. The summed E-state index contributed by atoms with van der Waals surface area (Å²) in [5.41, 5.74) is 2.65. The molecule has 1 saturated carbocycles. The van der Waals surface area contributed by atoms with E-state index in [9.17, 15) is 0 Å². The summed E-state index contributed by atoms with van der Waals surface area (Å²) in [6.45, 7) is 3.34. The predicted octanol–water partition coefficient (Wildman–Crippen LogP) is 3.81. The summed E-state index contributed by atoms with van der Waals surface area (Å²) in [6, 6.07) is 9.50. The van der Waals surface area contributed by atoms with Gasteiger partial charge in [-0.3, -0.25) is 0 Å². The third kappa shape index (κ3) is 4.24. The average molecular weight is 260 g/mol. The molecule has 2 nitrogen and oxygen atoms in total. The van der Waals surface area contributed by atoms with Crippen LogP contribution in [0.3, 0.4) is 0 Å². The SMILES string of the molecule is C[C@H](NCc1ccc(N(C)C)cc1)C1CCCCC1. The first-order valence-electron chi connectivity index (χ1n) is 7.66. The van der Waals surface area contributed by atoms with Crippen molar-refractivity contribution in [1.82, 2.24) is 5.32 Å². The van der Waals surface area contributed by atoms with Gasteiger partial charge in [-0.2, -0.15) is 0 Å². The number of nitrogens with zero attached hydrogens (tertiary/aromatic N) is 1. The highest BCUT2D eigenvalue weighted by atomic mass is 15.1. The maximum atomic E-state index is 3.70. The van der Waals surface area contributed by atoms with Crippen molar-refractivity contribution in [2.24, 2.45) is 5.92 Å². The number of anilines is 1. The maximum absolute atomic E-state index is 3.70. The second-order valence-electron chi connectivity index (χ2n) is 6.13. The molecule has 0 heterocycles. The number of benzene rings is 1. The van der Waals surface area contributed by atoms with Gasteiger partial charge in [0.25, 0.3) is 0 Å². The van der Waals surface area contributed by atoms with Crippen LogP contribution in [0, 0.1) is 5.92 Å². The molecule has 2 rings (SSSR count). The highest BCUT2D eigenvalue weighted by molar-refractivity contribution is 5.45. The Balaban J connectivity index is 1.80. The van der Waals surface area contributed by atoms with Crippen LogP contribution in [-0.4, -0.2) is 20.1 Å². The molecule has 1 aliphatic carbocycles. The summed E-state index contributed by atoms with van der Waals surface area (Å²) < 4.78 is 0. The van der Waals surface area contributed by atoms with E-state index < -0.39 is 0 Å². The number of hydrogen-bond donors (Lipinski definition) is 1. The van der Waals surface area contributed by atoms with Crippen LogP contribution < -0.4 is 10.2 Å². The van der Waals surface area contributed by atoms with Crippen LogP contribution in [-0.2, 0) is 6.54 Å². The molecule has 0 spiro atoms. The highest BCUT2D eigenvalue weighted by Crippen LogP contribution is 2.26. The van der Waals surface area contributed by atoms with Gasteiger partial charge in [0.1, 0.15) is 0 Å². The van der Waals surface area contributed by atoms with E-state index in [4.69, 9.17) is 0 Å². The van der Waals surface area contributed by atoms with Gasteiger partial charge in [0, 0.05) is 32.4 Å². The van der Waals surface area contributed by atoms with Crippen molar-refractivity contribution in [2.75, 3.05) is 19.0 Å². The molecular weight excluding hydrogens is 232 g/mol. The Morgan fingerprint density at radius 1 is 1.11 bits per heavy atom. The molecule has 1 aromatic rings. The zero-order chi connectivity index (χ0) is 13.7. The Labute approximate surface area is 118 Å². The predicted molar refractivity (Wildman–Crippen MR) is 83.6 cm³/mol. The lowest BCUT2D eigenvalue weighted by atomic mass is 9.84. The molecule has 2 heteroatoms. The molecule has 19 heavy (non-hydrogen) atoms. The van der Waals surface area contributed by atoms with Gasteiger partial charge in [0.15, 0.2) is 0 Å². The van der Waals surface area contributed by atoms with Gasteiger partial charge in [-0.15, -0.1) is 0 Å². The van der Waals surface area contributed by atoms with Gasteiger partial charge in [-0.25, -0.2) is 0 Å². The highest BCUT2D eigenvalue weighted by Gasteiger charge is 2.19. The standard InChI is InChI=1S/C17H28N2/c1-14(16-7-5-4-6-8-16)18-13-15-9-11-17(12-10-15)19(2)3/h9-12,14,16,18H,4-8,13H2,1-3H3/t14-/m0/s1. The van der Waals surface area contributed by atoms with Crippen LogP contribution in [0.5, 0.6) is 0 Å². The Morgan fingerprint density at radius 3 is 2.32 bits per heavy atom. The minimum Gasteiger partial charge on any atom is -0.378 e. The van der Waals surface area contributed by atoms with Crippen molar-refractivity contribution >= 4 is 5.69 Å². The van der Waals surface area contributed by atoms with Crippen LogP contribution >= 0.6 is 0 Å². The van der Waals surface area contributed by atoms with Crippen molar-refractivity contribution < 1.29 is 0 Å². The number of rotatable bonds is 5. The summed E-state index contributed by atoms with van der Waals surface area (Å²) in [6.07, 6.45) is 7.11. The van der Waals surface area contributed by atoms with E-state index in [0.29, 0.717) is 6.04 Å². The van der Waals surface area contributed by atoms with Gasteiger partial charge in [-0.05, 0) is 43.4 Å². The second-order valence-corrected chi connectivity index (χ2v) is 6.13. The minimum absolute atomic E-state index is 0.647. The molecule has 0 radical (unpaired) electrons. The normalized spacial score (nSPS) is 18.3. The van der Waals surface area contributed by atoms with Crippen molar-refractivity contribution in [3.05, 3.63) is 29.8 Å². The zero-order valence-electron chi connectivity index (χ0n) is 12.7. The summed E-state index contributed by atoms with van der Waals surface area (Å²) in [5, 5.41) is 3.70. The number of nitrogens with one attached hydrogen (secondary N) is 1. The fourth-order valence-electron chi connectivity index (χ4n) is 2.99. The maximum Gasteiger partial charge on any atom is 0.0361 e. The Hall–Kier alpha value is -1.02. The fourth-order valence-corrected chi connectivity index (χ4v) is 2.99. The Bertz CT molecular complexity index is 363. The largest absolute Gasteiger partial charge is 0.378 e. The molecule has 1 aliphatic rings. The molecule has 0 aliphatic heterocycles. The smallest absolute Gasteiger partial charge is 0.0361 e. The lowest BCUT2D eigenvalue weighted by Gasteiger charge is -2.28. The molecule has 0 bridgehead atoms. The van der Waals surface area contributed by atoms with Gasteiger partial charge in [-0.1, -0.05) is 31.4 Å². The molecule has 0 amide bonds. The van der Waals surface area contributed by atoms with Crippen molar-refractivity contribution in [3.8, 4) is 0 Å². The molecule has 0 unspecified atom stereocenters. The van der Waals surface area contributed by atoms with E-state index in [1.54, 1.807) is 0 Å². The van der Waals surface area contributed by atoms with E-state index in [0.717, 1.165) is 12.5 Å². The molecule has 1 fully saturated rings. The van der Waals surface area contributed by atoms with E-state index in [1.165, 1.54) is 43.4 Å². The van der Waals surface area contributed by atoms with Crippen LogP contribution in [0.2, 0.25) is 0 Å². The molecule has 1 atom stereocenters. The lowest BCUT2D eigenvalue weighted by Crippen LogP contribution is -2.34. The average Bonchev–Trinajstić information content (AvgIpc) is 2.46. The third-order valence-corrected chi connectivity index (χ3v) is 4.44. The summed E-state index contributed by atoms with van der Waals surface area (Å²) in [5.74, 6) is 0.884. The van der Waals surface area contributed by atoms with Gasteiger partial charge < -0.3 is 10.2 Å². The first-order valence-corrected chi connectivity index (χ1v) is 7.66. The van der Waals surface area contributed by atoms with Crippen molar-refractivity contribution in [2.45, 2.75) is 51.6 Å². The summed E-state index contributed by atoms with van der Waals surface area (Å²) in [7, 11) is 4.16. The van der Waals surface area contributed by atoms with E-state index in [-0.39, 0.29) is 0 Å². The van der Waals surface area contributed by atoms with Gasteiger partial charge >= 0.3 is 0 Å². The molecular formula is C17H28N2. The van der Waals surface area contributed by atoms with Gasteiger partial charge in [0.05, 0.1) is 0 Å². The lowest BCUT2D eigenvalue weighted by molar-refractivity contribution is 0.280. The Kier molecular flexibility index (Phi) is 5.26. The van der Waals surface area contributed by atoms with E-state index >= 15 is 0 Å². The van der Waals surface area contributed by atoms with Crippen LogP contribution in [0.1, 0.15) is 44.6 Å². The monoisotopic (exact) mass is 260 g/mol. The van der Waals surface area contributed by atoms with E-state index in [1.807, 2.05) is 0 Å². The quantitative estimate of drug-likeness (QED) is 0.866. The van der Waals surface area contributed by atoms with Crippen LogP contribution in [0.15, 0.2) is 24.3 Å². The van der Waals surface area contributed by atoms with Crippen molar-refractivity contribution in [1.29, 1.82) is 0 Å². The molecule has 0 aromatic heterocycles. The fraction of sp³-hybridized carbons (Fsp3) is 0.647. The molecule has 106 valence electrons. The number of hydrogen-bond acceptors (Lipinski definition) is 2.